The lowest BCUT2D eigenvalue weighted by molar-refractivity contribution is 0.0523. The number of pyridine rings is 1. The van der Waals surface area contributed by atoms with Crippen LogP contribution in [0.25, 0.3) is 11.0 Å². The Labute approximate surface area is 230 Å². The van der Waals surface area contributed by atoms with E-state index < -0.39 is 21.7 Å². The number of fused-ring (bicyclic) bond motifs is 1. The fourth-order valence-corrected chi connectivity index (χ4v) is 5.09. The van der Waals surface area contributed by atoms with Gasteiger partial charge >= 0.3 is 6.09 Å². The van der Waals surface area contributed by atoms with Crippen LogP contribution in [0.3, 0.4) is 0 Å². The highest BCUT2D eigenvalue weighted by Crippen LogP contribution is 2.37. The quantitative estimate of drug-likeness (QED) is 0.285. The van der Waals surface area contributed by atoms with Gasteiger partial charge in [-0.1, -0.05) is 5.16 Å². The van der Waals surface area contributed by atoms with Crippen LogP contribution in [0.1, 0.15) is 31.9 Å². The van der Waals surface area contributed by atoms with Crippen LogP contribution in [-0.2, 0) is 27.8 Å². The molecule has 0 aliphatic carbocycles. The number of rotatable bonds is 10. The second-order valence-electron chi connectivity index (χ2n) is 9.56. The number of nitrogens with one attached hydrogen (secondary N) is 2. The largest absolute Gasteiger partial charge is 0.496 e. The normalized spacial score (nSPS) is 11.8. The van der Waals surface area contributed by atoms with Gasteiger partial charge in [0.25, 0.3) is 10.0 Å². The highest BCUT2D eigenvalue weighted by atomic mass is 32.2. The number of nitrogens with zero attached hydrogens (tertiary/aromatic N) is 4. The molecule has 0 fully saturated rings. The molecule has 15 heteroatoms. The van der Waals surface area contributed by atoms with Crippen molar-refractivity contribution in [1.29, 1.82) is 0 Å². The van der Waals surface area contributed by atoms with E-state index in [1.54, 1.807) is 50.0 Å². The predicted molar refractivity (Wildman–Crippen MR) is 143 cm³/mol. The first-order valence-corrected chi connectivity index (χ1v) is 13.5. The first kappa shape index (κ1) is 28.5. The minimum absolute atomic E-state index is 0.0429. The van der Waals surface area contributed by atoms with Gasteiger partial charge < -0.3 is 28.8 Å². The number of anilines is 1. The number of aromatic nitrogens is 4. The van der Waals surface area contributed by atoms with E-state index in [1.807, 2.05) is 0 Å². The summed E-state index contributed by atoms with van der Waals surface area (Å²) >= 11 is 0. The third-order valence-electron chi connectivity index (χ3n) is 5.43. The molecule has 0 atom stereocenters. The van der Waals surface area contributed by atoms with Crippen molar-refractivity contribution in [2.24, 2.45) is 0 Å². The van der Waals surface area contributed by atoms with Gasteiger partial charge in [0.2, 0.25) is 5.88 Å². The average Bonchev–Trinajstić information content (AvgIpc) is 3.51. The predicted octanol–water partition coefficient (Wildman–Crippen LogP) is 3.32. The highest BCUT2D eigenvalue weighted by Gasteiger charge is 2.29. The average molecular weight is 575 g/mol. The summed E-state index contributed by atoms with van der Waals surface area (Å²) in [5.41, 5.74) is 1.22. The Morgan fingerprint density at radius 3 is 2.50 bits per heavy atom. The van der Waals surface area contributed by atoms with Crippen molar-refractivity contribution in [2.75, 3.05) is 26.1 Å². The Hall–Kier alpha value is -4.53. The van der Waals surface area contributed by atoms with E-state index in [0.29, 0.717) is 17.7 Å². The molecule has 3 heterocycles. The van der Waals surface area contributed by atoms with Crippen LogP contribution in [0.15, 0.2) is 46.2 Å². The Bertz CT molecular complexity index is 1600. The summed E-state index contributed by atoms with van der Waals surface area (Å²) in [4.78, 5) is 15.6. The molecule has 0 radical (unpaired) electrons. The lowest BCUT2D eigenvalue weighted by Gasteiger charge is -2.19. The van der Waals surface area contributed by atoms with Crippen molar-refractivity contribution in [2.45, 2.75) is 44.4 Å². The molecule has 1 amide bonds. The lowest BCUT2D eigenvalue weighted by atomic mass is 10.1. The van der Waals surface area contributed by atoms with Crippen LogP contribution in [-0.4, -0.2) is 61.4 Å². The van der Waals surface area contributed by atoms with Crippen LogP contribution in [0.4, 0.5) is 10.6 Å². The van der Waals surface area contributed by atoms with Gasteiger partial charge in [0.1, 0.15) is 22.5 Å². The molecular formula is C25H30N6O8S. The smallest absolute Gasteiger partial charge is 0.407 e. The molecule has 3 aromatic heterocycles. The first-order valence-electron chi connectivity index (χ1n) is 12.0. The number of carbonyl (C=O) groups is 1. The van der Waals surface area contributed by atoms with Crippen LogP contribution in [0, 0.1) is 0 Å². The number of sulfonamides is 1. The summed E-state index contributed by atoms with van der Waals surface area (Å²) < 4.78 is 57.2. The molecule has 2 N–H and O–H groups in total. The number of hydrogen-bond donors (Lipinski definition) is 2. The molecule has 0 bridgehead atoms. The maximum atomic E-state index is 13.3. The van der Waals surface area contributed by atoms with Crippen molar-refractivity contribution < 1.29 is 36.7 Å². The molecule has 0 aliphatic heterocycles. The Balaban J connectivity index is 1.55. The molecule has 40 heavy (non-hydrogen) atoms. The first-order chi connectivity index (χ1) is 18.9. The van der Waals surface area contributed by atoms with Crippen LogP contribution in [0.2, 0.25) is 0 Å². The molecule has 0 saturated heterocycles. The number of alkyl carbamates (subject to hydrolysis) is 1. The SMILES string of the molecule is COc1ccnc(OC)c1S(=O)(=O)Nc1noc2cc(Cn3cc(CNC(=O)OC(C)(C)C)cn3)cc(OC)c12. The number of carbonyl (C=O) groups excluding carboxylic acids is 1. The molecule has 4 aromatic rings. The standard InChI is InChI=1S/C25H30N6O8S/c1-25(2,3)38-24(32)27-11-16-12-28-31(14-16)13-15-9-18(36-5)20-19(10-15)39-29-22(20)30-40(33,34)21-17(35-4)7-8-26-23(21)37-6/h7-10,12,14H,11,13H2,1-6H3,(H,27,32)(H,29,30). The zero-order valence-corrected chi connectivity index (χ0v) is 23.7. The summed E-state index contributed by atoms with van der Waals surface area (Å²) in [7, 11) is -0.167. The van der Waals surface area contributed by atoms with Gasteiger partial charge in [-0.3, -0.25) is 9.40 Å². The van der Waals surface area contributed by atoms with E-state index >= 15 is 0 Å². The Kier molecular flexibility index (Phi) is 8.04. The van der Waals surface area contributed by atoms with E-state index in [1.165, 1.54) is 33.6 Å². The van der Waals surface area contributed by atoms with Gasteiger partial charge in [0.15, 0.2) is 16.3 Å². The van der Waals surface area contributed by atoms with E-state index in [-0.39, 0.29) is 34.5 Å². The van der Waals surface area contributed by atoms with Crippen LogP contribution >= 0.6 is 0 Å². The van der Waals surface area contributed by atoms with E-state index in [2.05, 4.69) is 25.3 Å². The molecule has 214 valence electrons. The van der Waals surface area contributed by atoms with Gasteiger partial charge in [-0.05, 0) is 38.5 Å². The van der Waals surface area contributed by atoms with Gasteiger partial charge in [-0.2, -0.15) is 5.10 Å². The summed E-state index contributed by atoms with van der Waals surface area (Å²) in [6, 6.07) is 4.83. The number of hydrogen-bond acceptors (Lipinski definition) is 11. The fraction of sp³-hybridized carbons (Fsp3) is 0.360. The summed E-state index contributed by atoms with van der Waals surface area (Å²) in [6.07, 6.45) is 4.26. The molecule has 0 spiro atoms. The third kappa shape index (κ3) is 6.36. The van der Waals surface area contributed by atoms with Crippen molar-refractivity contribution >= 4 is 32.9 Å². The van der Waals surface area contributed by atoms with Gasteiger partial charge in [-0.15, -0.1) is 0 Å². The molecule has 1 aromatic carbocycles. The number of benzene rings is 1. The van der Waals surface area contributed by atoms with Gasteiger partial charge in [0.05, 0.1) is 34.1 Å². The van der Waals surface area contributed by atoms with Gasteiger partial charge in [-0.25, -0.2) is 18.2 Å². The van der Waals surface area contributed by atoms with E-state index in [9.17, 15) is 13.2 Å². The molecular weight excluding hydrogens is 544 g/mol. The maximum absolute atomic E-state index is 13.3. The minimum Gasteiger partial charge on any atom is -0.496 e. The van der Waals surface area contributed by atoms with Crippen molar-refractivity contribution in [3.63, 3.8) is 0 Å². The molecule has 14 nitrogen and oxygen atoms in total. The molecule has 0 unspecified atom stereocenters. The third-order valence-corrected chi connectivity index (χ3v) is 6.81. The van der Waals surface area contributed by atoms with Gasteiger partial charge in [0, 0.05) is 30.6 Å². The van der Waals surface area contributed by atoms with Crippen LogP contribution < -0.4 is 24.2 Å². The summed E-state index contributed by atoms with van der Waals surface area (Å²) in [5, 5.41) is 11.3. The Morgan fingerprint density at radius 1 is 1.07 bits per heavy atom. The number of amides is 1. The van der Waals surface area contributed by atoms with Crippen LogP contribution in [0.5, 0.6) is 17.4 Å². The lowest BCUT2D eigenvalue weighted by Crippen LogP contribution is -2.32. The topological polar surface area (TPSA) is 169 Å². The summed E-state index contributed by atoms with van der Waals surface area (Å²) in [5.74, 6) is 0.145. The molecule has 0 aliphatic rings. The zero-order valence-electron chi connectivity index (χ0n) is 22.8. The second kappa shape index (κ2) is 11.3. The monoisotopic (exact) mass is 574 g/mol. The van der Waals surface area contributed by atoms with Crippen molar-refractivity contribution in [3.8, 4) is 17.4 Å². The maximum Gasteiger partial charge on any atom is 0.407 e. The Morgan fingerprint density at radius 2 is 1.82 bits per heavy atom. The molecule has 4 rings (SSSR count). The minimum atomic E-state index is -4.26. The summed E-state index contributed by atoms with van der Waals surface area (Å²) in [6.45, 7) is 5.95. The fourth-order valence-electron chi connectivity index (χ4n) is 3.82. The van der Waals surface area contributed by atoms with Crippen molar-refractivity contribution in [3.05, 3.63) is 47.9 Å². The van der Waals surface area contributed by atoms with E-state index in [0.717, 1.165) is 11.1 Å². The molecule has 0 saturated carbocycles. The van der Waals surface area contributed by atoms with E-state index in [4.69, 9.17) is 23.5 Å². The highest BCUT2D eigenvalue weighted by molar-refractivity contribution is 7.93. The number of methoxy groups -OCH3 is 3. The second-order valence-corrected chi connectivity index (χ2v) is 11.2. The number of ether oxygens (including phenoxy) is 4. The zero-order chi connectivity index (χ0) is 29.1. The van der Waals surface area contributed by atoms with Crippen molar-refractivity contribution in [1.82, 2.24) is 25.2 Å².